The zero-order chi connectivity index (χ0) is 13.1. The maximum Gasteiger partial charge on any atom is 0.223 e. The zero-order valence-corrected chi connectivity index (χ0v) is 11.3. The summed E-state index contributed by atoms with van der Waals surface area (Å²) in [5.74, 6) is 1.84. The van der Waals surface area contributed by atoms with Crippen molar-refractivity contribution >= 4 is 5.91 Å². The second kappa shape index (κ2) is 5.42. The van der Waals surface area contributed by atoms with Gasteiger partial charge in [0, 0.05) is 5.92 Å². The summed E-state index contributed by atoms with van der Waals surface area (Å²) in [6, 6.07) is 7.96. The van der Waals surface area contributed by atoms with Crippen molar-refractivity contribution in [3.8, 4) is 5.75 Å². The number of hydrogen-bond acceptors (Lipinski definition) is 2. The van der Waals surface area contributed by atoms with Gasteiger partial charge in [-0.25, -0.2) is 0 Å². The third kappa shape index (κ3) is 3.03. The Labute approximate surface area is 109 Å². The Bertz CT molecular complexity index is 413. The molecule has 1 aromatic rings. The predicted molar refractivity (Wildman–Crippen MR) is 71.4 cm³/mol. The Hall–Kier alpha value is -1.51. The molecule has 3 atom stereocenters. The molecule has 0 saturated heterocycles. The number of ether oxygens (including phenoxy) is 1. The molecule has 0 radical (unpaired) electrons. The Morgan fingerprint density at radius 2 is 2.06 bits per heavy atom. The molecule has 0 aromatic heterocycles. The van der Waals surface area contributed by atoms with Crippen LogP contribution in [0.3, 0.4) is 0 Å². The summed E-state index contributed by atoms with van der Waals surface area (Å²) in [7, 11) is 0. The average Bonchev–Trinajstić information content (AvgIpc) is 3.08. The standard InChI is InChI=1S/C15H21NO2/c1-4-18-13-7-5-12(6-8-13)11(3)16-15(17)14-9-10(14)2/h5-8,10-11,14H,4,9H2,1-3H3,(H,16,17)/t10-,11+,14+/m1/s1. The molecule has 1 saturated carbocycles. The van der Waals surface area contributed by atoms with Crippen LogP contribution in [0.2, 0.25) is 0 Å². The number of carbonyl (C=O) groups is 1. The minimum absolute atomic E-state index is 0.0565. The van der Waals surface area contributed by atoms with Crippen LogP contribution in [0.15, 0.2) is 24.3 Å². The van der Waals surface area contributed by atoms with E-state index in [1.54, 1.807) is 0 Å². The van der Waals surface area contributed by atoms with Gasteiger partial charge in [0.05, 0.1) is 12.6 Å². The van der Waals surface area contributed by atoms with Crippen LogP contribution in [0, 0.1) is 11.8 Å². The van der Waals surface area contributed by atoms with Crippen LogP contribution in [0.1, 0.15) is 38.8 Å². The Morgan fingerprint density at radius 1 is 1.44 bits per heavy atom. The Kier molecular flexibility index (Phi) is 3.90. The summed E-state index contributed by atoms with van der Waals surface area (Å²) < 4.78 is 5.40. The summed E-state index contributed by atoms with van der Waals surface area (Å²) >= 11 is 0. The van der Waals surface area contributed by atoms with Gasteiger partial charge in [-0.05, 0) is 43.9 Å². The molecule has 1 N–H and O–H groups in total. The molecule has 1 fully saturated rings. The van der Waals surface area contributed by atoms with Crippen LogP contribution in [-0.4, -0.2) is 12.5 Å². The molecule has 1 amide bonds. The fraction of sp³-hybridized carbons (Fsp3) is 0.533. The van der Waals surface area contributed by atoms with E-state index in [1.165, 1.54) is 0 Å². The van der Waals surface area contributed by atoms with Crippen molar-refractivity contribution in [2.75, 3.05) is 6.61 Å². The molecular weight excluding hydrogens is 226 g/mol. The lowest BCUT2D eigenvalue weighted by Gasteiger charge is -2.15. The van der Waals surface area contributed by atoms with Crippen molar-refractivity contribution in [2.24, 2.45) is 11.8 Å². The van der Waals surface area contributed by atoms with E-state index in [0.29, 0.717) is 12.5 Å². The van der Waals surface area contributed by atoms with E-state index >= 15 is 0 Å². The summed E-state index contributed by atoms with van der Waals surface area (Å²) in [4.78, 5) is 11.8. The van der Waals surface area contributed by atoms with Crippen molar-refractivity contribution in [2.45, 2.75) is 33.2 Å². The van der Waals surface area contributed by atoms with Crippen molar-refractivity contribution in [3.63, 3.8) is 0 Å². The normalized spacial score (nSPS) is 23.3. The number of carbonyl (C=O) groups excluding carboxylic acids is 1. The molecule has 1 aliphatic rings. The molecule has 1 aromatic carbocycles. The SMILES string of the molecule is CCOc1ccc([C@H](C)NC(=O)[C@H]2C[C@H]2C)cc1. The fourth-order valence-corrected chi connectivity index (χ4v) is 2.11. The summed E-state index contributed by atoms with van der Waals surface area (Å²) in [5.41, 5.74) is 1.11. The van der Waals surface area contributed by atoms with Crippen LogP contribution >= 0.6 is 0 Å². The van der Waals surface area contributed by atoms with Crippen LogP contribution in [0.25, 0.3) is 0 Å². The summed E-state index contributed by atoms with van der Waals surface area (Å²) in [6.07, 6.45) is 1.03. The van der Waals surface area contributed by atoms with Gasteiger partial charge in [-0.1, -0.05) is 19.1 Å². The second-order valence-electron chi connectivity index (χ2n) is 5.05. The van der Waals surface area contributed by atoms with E-state index in [1.807, 2.05) is 38.1 Å². The van der Waals surface area contributed by atoms with E-state index in [2.05, 4.69) is 12.2 Å². The topological polar surface area (TPSA) is 38.3 Å². The van der Waals surface area contributed by atoms with Gasteiger partial charge >= 0.3 is 0 Å². The van der Waals surface area contributed by atoms with Gasteiger partial charge < -0.3 is 10.1 Å². The predicted octanol–water partition coefficient (Wildman–Crippen LogP) is 2.92. The van der Waals surface area contributed by atoms with Crippen LogP contribution in [0.5, 0.6) is 5.75 Å². The van der Waals surface area contributed by atoms with Gasteiger partial charge in [0.1, 0.15) is 5.75 Å². The van der Waals surface area contributed by atoms with E-state index in [9.17, 15) is 4.79 Å². The molecule has 1 aliphatic carbocycles. The first-order valence-corrected chi connectivity index (χ1v) is 6.65. The van der Waals surface area contributed by atoms with Crippen molar-refractivity contribution in [3.05, 3.63) is 29.8 Å². The second-order valence-corrected chi connectivity index (χ2v) is 5.05. The van der Waals surface area contributed by atoms with Crippen molar-refractivity contribution in [1.29, 1.82) is 0 Å². The Morgan fingerprint density at radius 3 is 2.56 bits per heavy atom. The molecule has 3 heteroatoms. The summed E-state index contributed by atoms with van der Waals surface area (Å²) in [5, 5.41) is 3.06. The molecule has 0 bridgehead atoms. The monoisotopic (exact) mass is 247 g/mol. The van der Waals surface area contributed by atoms with Crippen LogP contribution < -0.4 is 10.1 Å². The third-order valence-corrected chi connectivity index (χ3v) is 3.50. The quantitative estimate of drug-likeness (QED) is 0.868. The van der Waals surface area contributed by atoms with E-state index in [0.717, 1.165) is 17.7 Å². The molecule has 0 unspecified atom stereocenters. The molecule has 0 heterocycles. The molecule has 18 heavy (non-hydrogen) atoms. The Balaban J connectivity index is 1.91. The molecule has 0 aliphatic heterocycles. The molecule has 0 spiro atoms. The van der Waals surface area contributed by atoms with E-state index in [4.69, 9.17) is 4.74 Å². The maximum absolute atomic E-state index is 11.8. The largest absolute Gasteiger partial charge is 0.494 e. The molecule has 2 rings (SSSR count). The van der Waals surface area contributed by atoms with Crippen LogP contribution in [0.4, 0.5) is 0 Å². The summed E-state index contributed by atoms with van der Waals surface area (Å²) in [6.45, 7) is 6.77. The molecule has 3 nitrogen and oxygen atoms in total. The first-order chi connectivity index (χ1) is 8.61. The van der Waals surface area contributed by atoms with Crippen LogP contribution in [-0.2, 0) is 4.79 Å². The van der Waals surface area contributed by atoms with Crippen molar-refractivity contribution < 1.29 is 9.53 Å². The van der Waals surface area contributed by atoms with Gasteiger partial charge in [0.25, 0.3) is 0 Å². The van der Waals surface area contributed by atoms with Gasteiger partial charge in [-0.3, -0.25) is 4.79 Å². The lowest BCUT2D eigenvalue weighted by Crippen LogP contribution is -2.28. The number of nitrogens with one attached hydrogen (secondary N) is 1. The maximum atomic E-state index is 11.8. The van der Waals surface area contributed by atoms with Crippen molar-refractivity contribution in [1.82, 2.24) is 5.32 Å². The number of hydrogen-bond donors (Lipinski definition) is 1. The fourth-order valence-electron chi connectivity index (χ4n) is 2.11. The highest BCUT2D eigenvalue weighted by molar-refractivity contribution is 5.81. The average molecular weight is 247 g/mol. The van der Waals surface area contributed by atoms with E-state index < -0.39 is 0 Å². The molecule has 98 valence electrons. The lowest BCUT2D eigenvalue weighted by molar-refractivity contribution is -0.123. The van der Waals surface area contributed by atoms with Gasteiger partial charge in [-0.2, -0.15) is 0 Å². The third-order valence-electron chi connectivity index (χ3n) is 3.50. The van der Waals surface area contributed by atoms with Gasteiger partial charge in [0.15, 0.2) is 0 Å². The minimum Gasteiger partial charge on any atom is -0.494 e. The zero-order valence-electron chi connectivity index (χ0n) is 11.3. The minimum atomic E-state index is 0.0565. The first-order valence-electron chi connectivity index (χ1n) is 6.65. The highest BCUT2D eigenvalue weighted by Crippen LogP contribution is 2.38. The molecular formula is C15H21NO2. The van der Waals surface area contributed by atoms with Gasteiger partial charge in [0.2, 0.25) is 5.91 Å². The number of benzene rings is 1. The highest BCUT2D eigenvalue weighted by atomic mass is 16.5. The lowest BCUT2D eigenvalue weighted by atomic mass is 10.1. The first kappa shape index (κ1) is 12.9. The van der Waals surface area contributed by atoms with Gasteiger partial charge in [-0.15, -0.1) is 0 Å². The highest BCUT2D eigenvalue weighted by Gasteiger charge is 2.39. The smallest absolute Gasteiger partial charge is 0.223 e. The number of amides is 1. The van der Waals surface area contributed by atoms with E-state index in [-0.39, 0.29) is 17.9 Å². The number of rotatable bonds is 5.